The summed E-state index contributed by atoms with van der Waals surface area (Å²) >= 11 is 1.53. The highest BCUT2D eigenvalue weighted by molar-refractivity contribution is 7.15. The van der Waals surface area contributed by atoms with Crippen molar-refractivity contribution in [2.75, 3.05) is 5.73 Å². The van der Waals surface area contributed by atoms with Crippen LogP contribution in [0.2, 0.25) is 0 Å². The number of ether oxygens (including phenoxy) is 1. The van der Waals surface area contributed by atoms with E-state index in [2.05, 4.69) is 10.1 Å². The van der Waals surface area contributed by atoms with Crippen LogP contribution in [0.15, 0.2) is 30.0 Å². The molecule has 19 heavy (non-hydrogen) atoms. The van der Waals surface area contributed by atoms with Crippen LogP contribution in [0.3, 0.4) is 0 Å². The van der Waals surface area contributed by atoms with Gasteiger partial charge in [0.05, 0.1) is 5.69 Å². The van der Waals surface area contributed by atoms with Gasteiger partial charge in [-0.15, -0.1) is 11.3 Å². The molecule has 3 aromatic heterocycles. The van der Waals surface area contributed by atoms with E-state index < -0.39 is 0 Å². The van der Waals surface area contributed by atoms with Crippen molar-refractivity contribution in [1.82, 2.24) is 19.2 Å². The van der Waals surface area contributed by atoms with Gasteiger partial charge in [0, 0.05) is 24.0 Å². The van der Waals surface area contributed by atoms with Crippen LogP contribution in [0, 0.1) is 0 Å². The van der Waals surface area contributed by atoms with Crippen molar-refractivity contribution in [3.8, 4) is 0 Å². The number of nitrogen functional groups attached to an aromatic ring is 1. The highest BCUT2D eigenvalue weighted by Gasteiger charge is 2.08. The van der Waals surface area contributed by atoms with Crippen molar-refractivity contribution in [3.63, 3.8) is 0 Å². The first kappa shape index (κ1) is 11.7. The van der Waals surface area contributed by atoms with E-state index in [9.17, 15) is 4.79 Å². The number of esters is 1. The molecular formula is C11H11N5O2S. The van der Waals surface area contributed by atoms with Crippen LogP contribution >= 0.6 is 11.3 Å². The normalized spacial score (nSPS) is 10.9. The third kappa shape index (κ3) is 2.58. The molecule has 0 radical (unpaired) electrons. The molecule has 0 aliphatic heterocycles. The van der Waals surface area contributed by atoms with E-state index in [-0.39, 0.29) is 19.1 Å². The Morgan fingerprint density at radius 1 is 1.47 bits per heavy atom. The third-order valence-corrected chi connectivity index (χ3v) is 3.25. The van der Waals surface area contributed by atoms with Gasteiger partial charge in [0.1, 0.15) is 19.0 Å². The van der Waals surface area contributed by atoms with E-state index in [0.29, 0.717) is 5.82 Å². The summed E-state index contributed by atoms with van der Waals surface area (Å²) in [6.07, 6.45) is 5.37. The predicted molar refractivity (Wildman–Crippen MR) is 69.5 cm³/mol. The quantitative estimate of drug-likeness (QED) is 0.716. The fraction of sp³-hybridized carbons (Fsp3) is 0.182. The molecule has 0 bridgehead atoms. The first-order chi connectivity index (χ1) is 9.20. The number of imidazole rings is 1. The van der Waals surface area contributed by atoms with Gasteiger partial charge in [0.2, 0.25) is 0 Å². The highest BCUT2D eigenvalue weighted by Crippen LogP contribution is 2.12. The van der Waals surface area contributed by atoms with Gasteiger partial charge in [-0.25, -0.2) is 4.98 Å². The minimum absolute atomic E-state index is 0.0411. The van der Waals surface area contributed by atoms with Crippen molar-refractivity contribution >= 4 is 28.1 Å². The molecule has 8 heteroatoms. The Bertz CT molecular complexity index is 685. The van der Waals surface area contributed by atoms with Crippen molar-refractivity contribution in [2.45, 2.75) is 13.2 Å². The second-order valence-electron chi connectivity index (χ2n) is 3.92. The fourth-order valence-corrected chi connectivity index (χ4v) is 2.36. The number of carbonyl (C=O) groups excluding carboxylic acids is 1. The molecule has 0 saturated carbocycles. The minimum atomic E-state index is -0.376. The van der Waals surface area contributed by atoms with Gasteiger partial charge < -0.3 is 10.5 Å². The summed E-state index contributed by atoms with van der Waals surface area (Å²) in [5.41, 5.74) is 6.18. The molecule has 0 unspecified atom stereocenters. The maximum Gasteiger partial charge on any atom is 0.328 e. The average Bonchev–Trinajstić information content (AvgIpc) is 3.02. The van der Waals surface area contributed by atoms with Gasteiger partial charge >= 0.3 is 5.97 Å². The highest BCUT2D eigenvalue weighted by atomic mass is 32.1. The lowest BCUT2D eigenvalue weighted by Crippen LogP contribution is -2.14. The Morgan fingerprint density at radius 3 is 3.11 bits per heavy atom. The number of fused-ring (bicyclic) bond motifs is 1. The Hall–Kier alpha value is -2.35. The number of carbonyl (C=O) groups is 1. The summed E-state index contributed by atoms with van der Waals surface area (Å²) in [7, 11) is 0. The molecule has 3 aromatic rings. The van der Waals surface area contributed by atoms with Gasteiger partial charge in [0.15, 0.2) is 4.96 Å². The number of rotatable bonds is 4. The van der Waals surface area contributed by atoms with Crippen LogP contribution in [0.4, 0.5) is 5.82 Å². The molecule has 98 valence electrons. The minimum Gasteiger partial charge on any atom is -0.458 e. The molecule has 7 nitrogen and oxygen atoms in total. The van der Waals surface area contributed by atoms with Crippen LogP contribution < -0.4 is 5.73 Å². The molecule has 0 atom stereocenters. The van der Waals surface area contributed by atoms with Crippen molar-refractivity contribution in [3.05, 3.63) is 35.7 Å². The number of nitrogens with two attached hydrogens (primary N) is 1. The van der Waals surface area contributed by atoms with E-state index in [1.807, 2.05) is 22.2 Å². The Balaban J connectivity index is 1.57. The standard InChI is InChI=1S/C11H11N5O2S/c12-9-1-2-16(14-9)6-10(17)18-7-8-5-15-3-4-19-11(15)13-8/h1-5H,6-7H2,(H2,12,14). The summed E-state index contributed by atoms with van der Waals surface area (Å²) in [6, 6.07) is 1.62. The molecule has 3 heterocycles. The molecule has 0 spiro atoms. The second kappa shape index (κ2) is 4.73. The van der Waals surface area contributed by atoms with Gasteiger partial charge in [-0.3, -0.25) is 13.9 Å². The lowest BCUT2D eigenvalue weighted by atomic mass is 10.5. The van der Waals surface area contributed by atoms with Gasteiger partial charge in [0.25, 0.3) is 0 Å². The topological polar surface area (TPSA) is 87.4 Å². The predicted octanol–water partition coefficient (Wildman–Crippen LogP) is 0.918. The number of hydrogen-bond donors (Lipinski definition) is 1. The SMILES string of the molecule is Nc1ccn(CC(=O)OCc2cn3ccsc3n2)n1. The number of anilines is 1. The second-order valence-corrected chi connectivity index (χ2v) is 4.80. The van der Waals surface area contributed by atoms with E-state index in [0.717, 1.165) is 10.7 Å². The van der Waals surface area contributed by atoms with E-state index in [4.69, 9.17) is 10.5 Å². The summed E-state index contributed by atoms with van der Waals surface area (Å²) in [5, 5.41) is 5.85. The maximum atomic E-state index is 11.6. The molecule has 0 saturated heterocycles. The van der Waals surface area contributed by atoms with Crippen LogP contribution in [0.1, 0.15) is 5.69 Å². The van der Waals surface area contributed by atoms with Crippen molar-refractivity contribution in [1.29, 1.82) is 0 Å². The number of nitrogens with zero attached hydrogens (tertiary/aromatic N) is 4. The smallest absolute Gasteiger partial charge is 0.328 e. The first-order valence-corrected chi connectivity index (χ1v) is 6.44. The van der Waals surface area contributed by atoms with Crippen LogP contribution in [-0.4, -0.2) is 25.1 Å². The van der Waals surface area contributed by atoms with Gasteiger partial charge in [-0.05, 0) is 6.07 Å². The lowest BCUT2D eigenvalue weighted by Gasteiger charge is -2.02. The third-order valence-electron chi connectivity index (χ3n) is 2.48. The van der Waals surface area contributed by atoms with Crippen LogP contribution in [0.25, 0.3) is 4.96 Å². The number of hydrogen-bond acceptors (Lipinski definition) is 6. The summed E-state index contributed by atoms with van der Waals surface area (Å²) in [4.78, 5) is 16.8. The lowest BCUT2D eigenvalue weighted by molar-refractivity contribution is -0.146. The molecule has 0 amide bonds. The summed E-state index contributed by atoms with van der Waals surface area (Å²) in [6.45, 7) is 0.198. The largest absolute Gasteiger partial charge is 0.458 e. The van der Waals surface area contributed by atoms with Gasteiger partial charge in [-0.1, -0.05) is 0 Å². The molecule has 0 aromatic carbocycles. The average molecular weight is 277 g/mol. The monoisotopic (exact) mass is 277 g/mol. The summed E-state index contributed by atoms with van der Waals surface area (Å²) in [5.74, 6) is 0.00148. The van der Waals surface area contributed by atoms with Crippen LogP contribution in [0.5, 0.6) is 0 Å². The van der Waals surface area contributed by atoms with E-state index in [1.165, 1.54) is 16.0 Å². The molecule has 0 aliphatic carbocycles. The zero-order valence-corrected chi connectivity index (χ0v) is 10.7. The van der Waals surface area contributed by atoms with E-state index >= 15 is 0 Å². The van der Waals surface area contributed by atoms with Crippen LogP contribution in [-0.2, 0) is 22.7 Å². The Labute approximate surface area is 112 Å². The molecular weight excluding hydrogens is 266 g/mol. The summed E-state index contributed by atoms with van der Waals surface area (Å²) < 4.78 is 8.45. The first-order valence-electron chi connectivity index (χ1n) is 5.56. The van der Waals surface area contributed by atoms with Crippen molar-refractivity contribution in [2.24, 2.45) is 0 Å². The molecule has 2 N–H and O–H groups in total. The fourth-order valence-electron chi connectivity index (χ4n) is 1.64. The van der Waals surface area contributed by atoms with Gasteiger partial charge in [-0.2, -0.15) is 5.10 Å². The Morgan fingerprint density at radius 2 is 2.37 bits per heavy atom. The number of aromatic nitrogens is 4. The molecule has 0 aliphatic rings. The molecule has 0 fully saturated rings. The maximum absolute atomic E-state index is 11.6. The molecule has 3 rings (SSSR count). The Kier molecular flexibility index (Phi) is 2.92. The zero-order valence-electron chi connectivity index (χ0n) is 9.89. The van der Waals surface area contributed by atoms with Crippen molar-refractivity contribution < 1.29 is 9.53 Å². The zero-order chi connectivity index (χ0) is 13.2. The number of thiazole rings is 1. The van der Waals surface area contributed by atoms with E-state index in [1.54, 1.807) is 12.3 Å².